The maximum absolute atomic E-state index is 14.0. The van der Waals surface area contributed by atoms with Gasteiger partial charge in [-0.3, -0.25) is 24.0 Å². The maximum Gasteiger partial charge on any atom is 0.306 e. The van der Waals surface area contributed by atoms with Crippen molar-refractivity contribution in [3.8, 4) is 0 Å². The zero-order valence-corrected chi connectivity index (χ0v) is 29.5. The molecule has 7 rings (SSSR count). The van der Waals surface area contributed by atoms with Crippen molar-refractivity contribution in [3.63, 3.8) is 0 Å². The number of carbonyl (C=O) groups excluding carboxylic acids is 4. The van der Waals surface area contributed by atoms with Crippen LogP contribution in [0.1, 0.15) is 53.0 Å². The van der Waals surface area contributed by atoms with Gasteiger partial charge in [0.1, 0.15) is 12.1 Å². The molecule has 0 saturated heterocycles. The first-order chi connectivity index (χ1) is 22.6. The van der Waals surface area contributed by atoms with E-state index in [-0.39, 0.29) is 94.5 Å². The van der Waals surface area contributed by atoms with E-state index in [1.807, 2.05) is 58.0 Å². The molecule has 6 aliphatic rings. The Hall–Kier alpha value is -3.47. The van der Waals surface area contributed by atoms with Crippen molar-refractivity contribution < 1.29 is 29.1 Å². The Morgan fingerprint density at radius 1 is 0.875 bits per heavy atom. The van der Waals surface area contributed by atoms with Crippen LogP contribution in [0.2, 0.25) is 0 Å². The molecule has 48 heavy (non-hydrogen) atoms. The summed E-state index contributed by atoms with van der Waals surface area (Å²) in [4.78, 5) is 69.4. The molecule has 0 aromatic heterocycles. The molecule has 6 saturated carbocycles. The van der Waals surface area contributed by atoms with Crippen LogP contribution in [0.15, 0.2) is 30.3 Å². The van der Waals surface area contributed by atoms with Crippen molar-refractivity contribution >= 4 is 29.6 Å². The van der Waals surface area contributed by atoms with Crippen LogP contribution in [0.5, 0.6) is 0 Å². The number of nitrogens with one attached hydrogen (secondary N) is 3. The topological polar surface area (TPSA) is 148 Å². The second-order valence-corrected chi connectivity index (χ2v) is 16.2. The number of amides is 4. The van der Waals surface area contributed by atoms with Crippen LogP contribution in [0.3, 0.4) is 0 Å². The molecule has 11 nitrogen and oxygen atoms in total. The molecule has 4 amide bonds. The number of hydrogen-bond acceptors (Lipinski definition) is 6. The summed E-state index contributed by atoms with van der Waals surface area (Å²) in [6, 6.07) is 8.16. The normalized spacial score (nSPS) is 34.0. The molecule has 1 unspecified atom stereocenters. The minimum Gasteiger partial charge on any atom is -0.481 e. The summed E-state index contributed by atoms with van der Waals surface area (Å²) in [7, 11) is 5.26. The molecular formula is C37H53N5O6. The van der Waals surface area contributed by atoms with E-state index in [4.69, 9.17) is 0 Å². The molecule has 1 aromatic rings. The number of carbonyl (C=O) groups is 5. The van der Waals surface area contributed by atoms with E-state index in [1.165, 1.54) is 4.90 Å². The summed E-state index contributed by atoms with van der Waals surface area (Å²) < 4.78 is 0. The first-order valence-electron chi connectivity index (χ1n) is 17.7. The van der Waals surface area contributed by atoms with Gasteiger partial charge in [-0.05, 0) is 79.8 Å². The fourth-order valence-electron chi connectivity index (χ4n) is 10.9. The van der Waals surface area contributed by atoms with Crippen LogP contribution in [0.25, 0.3) is 0 Å². The van der Waals surface area contributed by atoms with Gasteiger partial charge in [0, 0.05) is 13.1 Å². The van der Waals surface area contributed by atoms with Crippen LogP contribution in [-0.2, 0) is 30.4 Å². The number of rotatable bonds is 17. The Morgan fingerprint density at radius 2 is 1.46 bits per heavy atom. The second kappa shape index (κ2) is 12.1. The Labute approximate surface area is 283 Å². The third-order valence-corrected chi connectivity index (χ3v) is 13.0. The van der Waals surface area contributed by atoms with Crippen molar-refractivity contribution in [2.75, 3.05) is 27.7 Å². The lowest BCUT2D eigenvalue weighted by atomic mass is 8.94. The number of likely N-dealkylation sites (N-methyl/N-ethyl adjacent to an activating group) is 2. The summed E-state index contributed by atoms with van der Waals surface area (Å²) in [5.74, 6) is -0.681. The van der Waals surface area contributed by atoms with Gasteiger partial charge in [0.15, 0.2) is 0 Å². The predicted molar refractivity (Wildman–Crippen MR) is 179 cm³/mol. The van der Waals surface area contributed by atoms with Crippen molar-refractivity contribution in [2.24, 2.45) is 58.7 Å². The summed E-state index contributed by atoms with van der Waals surface area (Å²) in [5, 5.41) is 19.2. The Morgan fingerprint density at radius 3 is 1.96 bits per heavy atom. The van der Waals surface area contributed by atoms with Crippen molar-refractivity contribution in [1.29, 1.82) is 0 Å². The third kappa shape index (κ3) is 4.66. The van der Waals surface area contributed by atoms with E-state index < -0.39 is 24.0 Å². The summed E-state index contributed by atoms with van der Waals surface area (Å²) in [6.07, 6.45) is 1.64. The minimum atomic E-state index is -0.868. The van der Waals surface area contributed by atoms with Crippen LogP contribution < -0.4 is 16.0 Å². The van der Waals surface area contributed by atoms with Crippen molar-refractivity contribution in [3.05, 3.63) is 35.9 Å². The number of carboxylic acid groups (broad SMARTS) is 1. The van der Waals surface area contributed by atoms with E-state index in [1.54, 1.807) is 33.0 Å². The van der Waals surface area contributed by atoms with Crippen LogP contribution in [0.4, 0.5) is 0 Å². The summed E-state index contributed by atoms with van der Waals surface area (Å²) in [5.41, 5.74) is 0.422. The molecule has 0 bridgehead atoms. The Balaban J connectivity index is 1.10. The summed E-state index contributed by atoms with van der Waals surface area (Å²) in [6.45, 7) is 9.65. The highest BCUT2D eigenvalue weighted by Crippen LogP contribution is 3.07. The van der Waals surface area contributed by atoms with Gasteiger partial charge in [-0.2, -0.15) is 0 Å². The number of carboxylic acids is 1. The highest BCUT2D eigenvalue weighted by molar-refractivity contribution is 5.96. The molecule has 6 fully saturated rings. The van der Waals surface area contributed by atoms with Crippen LogP contribution in [0, 0.1) is 58.7 Å². The van der Waals surface area contributed by atoms with Gasteiger partial charge < -0.3 is 30.9 Å². The van der Waals surface area contributed by atoms with Gasteiger partial charge in [0.25, 0.3) is 0 Å². The molecule has 0 radical (unpaired) electrons. The van der Waals surface area contributed by atoms with E-state index in [0.717, 1.165) is 5.56 Å². The first kappa shape index (κ1) is 34.4. The molecule has 262 valence electrons. The van der Waals surface area contributed by atoms with Gasteiger partial charge in [0.2, 0.25) is 23.6 Å². The van der Waals surface area contributed by atoms with Gasteiger partial charge in [0.05, 0.1) is 23.4 Å². The smallest absolute Gasteiger partial charge is 0.306 e. The van der Waals surface area contributed by atoms with Crippen molar-refractivity contribution in [1.82, 2.24) is 25.8 Å². The quantitative estimate of drug-likeness (QED) is 0.199. The van der Waals surface area contributed by atoms with Gasteiger partial charge in [-0.15, -0.1) is 0 Å². The number of nitrogens with zero attached hydrogens (tertiary/aromatic N) is 2. The third-order valence-electron chi connectivity index (χ3n) is 13.0. The molecule has 11 heteroatoms. The molecule has 4 N–H and O–H groups in total. The van der Waals surface area contributed by atoms with E-state index >= 15 is 0 Å². The summed E-state index contributed by atoms with van der Waals surface area (Å²) >= 11 is 0. The monoisotopic (exact) mass is 663 g/mol. The van der Waals surface area contributed by atoms with Gasteiger partial charge in [-0.25, -0.2) is 0 Å². The number of benzene rings is 1. The first-order valence-corrected chi connectivity index (χ1v) is 17.7. The Kier molecular flexibility index (Phi) is 8.70. The number of hydrogen-bond donors (Lipinski definition) is 4. The minimum absolute atomic E-state index is 0.0576. The molecule has 6 aliphatic carbocycles. The predicted octanol–water partition coefficient (Wildman–Crippen LogP) is 2.01. The van der Waals surface area contributed by atoms with E-state index in [9.17, 15) is 29.1 Å². The molecule has 0 heterocycles. The van der Waals surface area contributed by atoms with Crippen LogP contribution >= 0.6 is 0 Å². The van der Waals surface area contributed by atoms with E-state index in [0.29, 0.717) is 19.3 Å². The van der Waals surface area contributed by atoms with Crippen molar-refractivity contribution in [2.45, 2.75) is 77.5 Å². The highest BCUT2D eigenvalue weighted by Gasteiger charge is 3.12. The molecule has 1 aromatic carbocycles. The lowest BCUT2D eigenvalue weighted by Crippen LogP contribution is -3.16. The SMILES string of the molecule is CC[C@H](C)[C@H](NC(=O)CN(C)C)C(=O)N(C)C(C(=O)NC12C3C4C1C1C2C3C41C(=O)N[C@@H](Cc1ccccc1)C[C@H](C)C(=O)O)C(C)C. The highest BCUT2D eigenvalue weighted by atomic mass is 16.4. The van der Waals surface area contributed by atoms with E-state index in [2.05, 4.69) is 16.0 Å². The Bertz CT molecular complexity index is 1420. The average Bonchev–Trinajstić information content (AvgIpc) is 3.02. The average molecular weight is 664 g/mol. The van der Waals surface area contributed by atoms with Gasteiger partial charge >= 0.3 is 5.97 Å². The second-order valence-electron chi connectivity index (χ2n) is 16.2. The maximum atomic E-state index is 14.0. The van der Waals surface area contributed by atoms with Gasteiger partial charge in [-0.1, -0.05) is 71.4 Å². The fourth-order valence-corrected chi connectivity index (χ4v) is 10.9. The fraction of sp³-hybridized carbons (Fsp3) is 0.703. The molecule has 0 spiro atoms. The largest absolute Gasteiger partial charge is 0.481 e. The molecule has 0 aliphatic heterocycles. The zero-order valence-electron chi connectivity index (χ0n) is 29.5. The zero-order chi connectivity index (χ0) is 35.0. The molecule has 5 atom stereocenters. The standard InChI is InChI=1S/C37H53N5O6/c1-9-19(4)30(39-23(43)17-41(6)7)33(45)42(8)31(18(2)3)32(44)40-37-27-24-28(37)26-29(37)25(27)36(24,26)35(48)38-22(15-20(5)34(46)47)16-21-13-11-10-12-14-21/h10-14,18-20,22,24-31H,9,15-17H2,1-8H3,(H,38,48)(H,39,43)(H,40,44)(H,46,47)/t19-,20-,22+,24?,25?,26?,27?,28?,29?,30-,31?,36?,37?/m0/s1. The lowest BCUT2D eigenvalue weighted by molar-refractivity contribution is -0.607. The lowest BCUT2D eigenvalue weighted by Gasteiger charge is -3.10. The number of aliphatic carboxylic acids is 1. The van der Waals surface area contributed by atoms with Crippen LogP contribution in [-0.4, -0.2) is 95.9 Å². The molecular weight excluding hydrogens is 610 g/mol.